The third-order valence-corrected chi connectivity index (χ3v) is 8.24. The summed E-state index contributed by atoms with van der Waals surface area (Å²) in [4.78, 5) is 40.9. The van der Waals surface area contributed by atoms with Crippen molar-refractivity contribution >= 4 is 17.8 Å². The normalized spacial score (nSPS) is 15.7. The number of ether oxygens (including phenoxy) is 1. The second-order valence-corrected chi connectivity index (χ2v) is 11.8. The molecule has 9 nitrogen and oxygen atoms in total. The summed E-state index contributed by atoms with van der Waals surface area (Å²) in [7, 11) is 0. The quantitative estimate of drug-likeness (QED) is 0.206. The Hall–Kier alpha value is -4.37. The van der Waals surface area contributed by atoms with Gasteiger partial charge >= 0.3 is 6.03 Å². The Kier molecular flexibility index (Phi) is 12.4. The first-order chi connectivity index (χ1) is 21.7. The molecule has 9 heteroatoms. The van der Waals surface area contributed by atoms with E-state index in [0.717, 1.165) is 28.7 Å². The van der Waals surface area contributed by atoms with E-state index in [1.54, 1.807) is 4.90 Å². The molecular weight excluding hydrogens is 568 g/mol. The van der Waals surface area contributed by atoms with E-state index >= 15 is 0 Å². The second kappa shape index (κ2) is 16.6. The summed E-state index contributed by atoms with van der Waals surface area (Å²) in [5.74, 6) is 0.0723. The molecule has 3 aromatic carbocycles. The molecule has 4 rings (SSSR count). The molecule has 0 radical (unpaired) electrons. The van der Waals surface area contributed by atoms with Gasteiger partial charge in [0.2, 0.25) is 5.91 Å². The number of carbonyl (C=O) groups is 3. The molecular formula is C36H46N4O5. The first-order valence-electron chi connectivity index (χ1n) is 15.8. The smallest absolute Gasteiger partial charge is 0.318 e. The topological polar surface area (TPSA) is 120 Å². The monoisotopic (exact) mass is 614 g/mol. The molecule has 4 amide bonds. The highest BCUT2D eigenvalue weighted by Gasteiger charge is 2.32. The van der Waals surface area contributed by atoms with Gasteiger partial charge in [0.25, 0.3) is 5.91 Å². The number of hydrogen-bond donors (Lipinski definition) is 4. The van der Waals surface area contributed by atoms with Crippen molar-refractivity contribution in [2.45, 2.75) is 77.1 Å². The lowest BCUT2D eigenvalue weighted by atomic mass is 9.93. The number of urea groups is 1. The van der Waals surface area contributed by atoms with Crippen LogP contribution in [0.3, 0.4) is 0 Å². The molecule has 3 aromatic rings. The van der Waals surface area contributed by atoms with Gasteiger partial charge in [-0.1, -0.05) is 85.8 Å². The highest BCUT2D eigenvalue weighted by Crippen LogP contribution is 2.22. The highest BCUT2D eigenvalue weighted by molar-refractivity contribution is 5.87. The number of rotatable bonds is 15. The lowest BCUT2D eigenvalue weighted by molar-refractivity contribution is -0.127. The fourth-order valence-electron chi connectivity index (χ4n) is 5.90. The molecule has 0 saturated carbocycles. The molecule has 1 heterocycles. The average Bonchev–Trinajstić information content (AvgIpc) is 3.02. The molecule has 1 saturated heterocycles. The van der Waals surface area contributed by atoms with Crippen LogP contribution < -0.4 is 20.7 Å². The molecule has 4 N–H and O–H groups in total. The van der Waals surface area contributed by atoms with Crippen LogP contribution in [0.25, 0.3) is 0 Å². The van der Waals surface area contributed by atoms with Crippen LogP contribution in [0.5, 0.6) is 5.75 Å². The van der Waals surface area contributed by atoms with Crippen LogP contribution in [0.2, 0.25) is 0 Å². The molecule has 0 spiro atoms. The Labute approximate surface area is 266 Å². The van der Waals surface area contributed by atoms with E-state index < -0.39 is 24.2 Å². The van der Waals surface area contributed by atoms with Gasteiger partial charge in [0, 0.05) is 19.1 Å². The van der Waals surface area contributed by atoms with Gasteiger partial charge in [-0.25, -0.2) is 4.79 Å². The minimum absolute atomic E-state index is 0.191. The predicted octanol–water partition coefficient (Wildman–Crippen LogP) is 4.08. The lowest BCUT2D eigenvalue weighted by Gasteiger charge is -2.35. The molecule has 240 valence electrons. The zero-order chi connectivity index (χ0) is 32.2. The van der Waals surface area contributed by atoms with Crippen molar-refractivity contribution in [2.75, 3.05) is 19.7 Å². The largest absolute Gasteiger partial charge is 0.483 e. The Morgan fingerprint density at radius 2 is 1.53 bits per heavy atom. The van der Waals surface area contributed by atoms with Crippen molar-refractivity contribution in [3.63, 3.8) is 0 Å². The van der Waals surface area contributed by atoms with Crippen molar-refractivity contribution < 1.29 is 24.2 Å². The maximum Gasteiger partial charge on any atom is 0.318 e. The highest BCUT2D eigenvalue weighted by atomic mass is 16.5. The zero-order valence-corrected chi connectivity index (χ0v) is 26.5. The summed E-state index contributed by atoms with van der Waals surface area (Å²) in [6, 6.07) is 23.3. The van der Waals surface area contributed by atoms with E-state index in [4.69, 9.17) is 4.74 Å². The minimum Gasteiger partial charge on any atom is -0.483 e. The summed E-state index contributed by atoms with van der Waals surface area (Å²) in [5.41, 5.74) is 3.85. The first-order valence-corrected chi connectivity index (χ1v) is 15.8. The maximum atomic E-state index is 13.6. The van der Waals surface area contributed by atoms with Crippen LogP contribution in [0.4, 0.5) is 4.79 Å². The molecule has 0 aliphatic carbocycles. The molecule has 1 fully saturated rings. The number of aryl methyl sites for hydroxylation is 2. The molecule has 0 aromatic heterocycles. The average molecular weight is 615 g/mol. The number of nitrogens with zero attached hydrogens (tertiary/aromatic N) is 1. The number of para-hydroxylation sites is 1. The number of benzene rings is 3. The lowest BCUT2D eigenvalue weighted by Crippen LogP contribution is -2.57. The van der Waals surface area contributed by atoms with Crippen LogP contribution in [0, 0.1) is 13.8 Å². The van der Waals surface area contributed by atoms with E-state index in [1.165, 1.54) is 0 Å². The summed E-state index contributed by atoms with van der Waals surface area (Å²) < 4.78 is 5.89. The van der Waals surface area contributed by atoms with Gasteiger partial charge in [-0.15, -0.1) is 0 Å². The SMILES string of the molecule is CCC(C(=O)N[C@@H](Cc1ccccc1)C[C@H](O)[C@H](Cc1ccccc1)NC(=O)COc1c(C)cccc1C)N1CCCNC1=O. The fraction of sp³-hybridized carbons (Fsp3) is 0.417. The molecule has 1 aliphatic heterocycles. The third kappa shape index (κ3) is 9.81. The minimum atomic E-state index is -0.985. The molecule has 1 unspecified atom stereocenters. The number of aliphatic hydroxyl groups excluding tert-OH is 1. The van der Waals surface area contributed by atoms with Gasteiger partial charge in [-0.2, -0.15) is 0 Å². The summed E-state index contributed by atoms with van der Waals surface area (Å²) in [6.07, 6.45) is 1.33. The van der Waals surface area contributed by atoms with Crippen molar-refractivity contribution in [3.8, 4) is 5.75 Å². The molecule has 45 heavy (non-hydrogen) atoms. The zero-order valence-electron chi connectivity index (χ0n) is 26.5. The van der Waals surface area contributed by atoms with E-state index in [1.807, 2.05) is 99.6 Å². The van der Waals surface area contributed by atoms with Gasteiger partial charge < -0.3 is 30.7 Å². The fourth-order valence-corrected chi connectivity index (χ4v) is 5.90. The number of hydrogen-bond acceptors (Lipinski definition) is 5. The Bertz CT molecular complexity index is 1380. The Balaban J connectivity index is 1.50. The second-order valence-electron chi connectivity index (χ2n) is 11.8. The van der Waals surface area contributed by atoms with Crippen LogP contribution in [-0.4, -0.2) is 71.8 Å². The Morgan fingerprint density at radius 3 is 2.13 bits per heavy atom. The number of aliphatic hydroxyl groups is 1. The Morgan fingerprint density at radius 1 is 0.911 bits per heavy atom. The number of amides is 4. The van der Waals surface area contributed by atoms with Crippen LogP contribution >= 0.6 is 0 Å². The summed E-state index contributed by atoms with van der Waals surface area (Å²) in [5, 5.41) is 20.6. The van der Waals surface area contributed by atoms with E-state index in [9.17, 15) is 19.5 Å². The van der Waals surface area contributed by atoms with Gasteiger partial charge in [0.15, 0.2) is 6.61 Å². The molecule has 1 aliphatic rings. The van der Waals surface area contributed by atoms with E-state index in [0.29, 0.717) is 38.1 Å². The van der Waals surface area contributed by atoms with Crippen molar-refractivity contribution in [3.05, 3.63) is 101 Å². The van der Waals surface area contributed by atoms with E-state index in [-0.39, 0.29) is 30.9 Å². The predicted molar refractivity (Wildman–Crippen MR) is 175 cm³/mol. The van der Waals surface area contributed by atoms with Crippen LogP contribution in [0.15, 0.2) is 78.9 Å². The van der Waals surface area contributed by atoms with Crippen molar-refractivity contribution in [1.29, 1.82) is 0 Å². The van der Waals surface area contributed by atoms with Crippen LogP contribution in [0.1, 0.15) is 48.4 Å². The summed E-state index contributed by atoms with van der Waals surface area (Å²) in [6.45, 7) is 6.68. The van der Waals surface area contributed by atoms with Gasteiger partial charge in [0.1, 0.15) is 11.8 Å². The van der Waals surface area contributed by atoms with Crippen molar-refractivity contribution in [1.82, 2.24) is 20.9 Å². The molecule has 0 bridgehead atoms. The third-order valence-electron chi connectivity index (χ3n) is 8.24. The standard InChI is InChI=1S/C36H46N4O5/c1-4-31(40-20-12-19-37-36(40)44)35(43)38-29(21-27-15-7-5-8-16-27)23-32(41)30(22-28-17-9-6-10-18-28)39-33(42)24-45-34-25(2)13-11-14-26(34)3/h5-11,13-18,29-32,41H,4,12,19-24H2,1-3H3,(H,37,44)(H,38,43)(H,39,42)/t29-,30-,31?,32-/m0/s1. The number of carbonyl (C=O) groups excluding carboxylic acids is 3. The van der Waals surface area contributed by atoms with Gasteiger partial charge in [0.05, 0.1) is 12.1 Å². The molecule has 4 atom stereocenters. The first kappa shape index (κ1) is 33.5. The van der Waals surface area contributed by atoms with Gasteiger partial charge in [-0.3, -0.25) is 9.59 Å². The van der Waals surface area contributed by atoms with E-state index in [2.05, 4.69) is 16.0 Å². The van der Waals surface area contributed by atoms with Crippen molar-refractivity contribution in [2.24, 2.45) is 0 Å². The summed E-state index contributed by atoms with van der Waals surface area (Å²) >= 11 is 0. The van der Waals surface area contributed by atoms with Crippen LogP contribution in [-0.2, 0) is 22.4 Å². The maximum absolute atomic E-state index is 13.6. The number of nitrogens with one attached hydrogen (secondary N) is 3. The van der Waals surface area contributed by atoms with Gasteiger partial charge in [-0.05, 0) is 68.2 Å².